The molecule has 2 heterocycles. The molecule has 9 heteroatoms. The molecule has 0 radical (unpaired) electrons. The van der Waals surface area contributed by atoms with E-state index in [-0.39, 0.29) is 15.3 Å². The minimum absolute atomic E-state index is 0.0458. The highest BCUT2D eigenvalue weighted by Gasteiger charge is 2.30. The summed E-state index contributed by atoms with van der Waals surface area (Å²) < 4.78 is 26.9. The van der Waals surface area contributed by atoms with Crippen molar-refractivity contribution in [2.24, 2.45) is 0 Å². The first-order valence-electron chi connectivity index (χ1n) is 8.44. The molecule has 1 fully saturated rings. The third-order valence-corrected chi connectivity index (χ3v) is 7.70. The number of nitrogens with one attached hydrogen (secondary N) is 1. The van der Waals surface area contributed by atoms with Gasteiger partial charge in [-0.15, -0.1) is 11.3 Å². The minimum atomic E-state index is -3.60. The quantitative estimate of drug-likeness (QED) is 0.813. The zero-order valence-corrected chi connectivity index (χ0v) is 16.6. The van der Waals surface area contributed by atoms with Crippen LogP contribution in [0.3, 0.4) is 0 Å². The molecule has 1 aromatic carbocycles. The number of nitrogens with zero attached hydrogens (tertiary/aromatic N) is 1. The lowest BCUT2D eigenvalue weighted by atomic mass is 10.1. The molecule has 144 valence electrons. The highest BCUT2D eigenvalue weighted by atomic mass is 32.2. The van der Waals surface area contributed by atoms with Gasteiger partial charge in [-0.1, -0.05) is 12.1 Å². The zero-order valence-electron chi connectivity index (χ0n) is 14.9. The van der Waals surface area contributed by atoms with Crippen molar-refractivity contribution in [2.45, 2.75) is 31.6 Å². The summed E-state index contributed by atoms with van der Waals surface area (Å²) in [6.07, 6.45) is 1.67. The van der Waals surface area contributed by atoms with E-state index < -0.39 is 21.9 Å². The van der Waals surface area contributed by atoms with Crippen molar-refractivity contribution in [3.63, 3.8) is 0 Å². The first-order chi connectivity index (χ1) is 12.7. The van der Waals surface area contributed by atoms with Crippen molar-refractivity contribution in [3.05, 3.63) is 45.1 Å². The average molecular weight is 407 g/mol. The number of carboxylic acids is 1. The third kappa shape index (κ3) is 3.90. The van der Waals surface area contributed by atoms with E-state index in [1.165, 1.54) is 22.5 Å². The predicted molar refractivity (Wildman–Crippen MR) is 101 cm³/mol. The van der Waals surface area contributed by atoms with Gasteiger partial charge in [-0.2, -0.15) is 4.31 Å². The Kier molecular flexibility index (Phi) is 5.36. The van der Waals surface area contributed by atoms with Crippen LogP contribution in [0.25, 0.3) is 0 Å². The van der Waals surface area contributed by atoms with E-state index in [1.54, 1.807) is 19.9 Å². The molecule has 0 aliphatic carbocycles. The smallest absolute Gasteiger partial charge is 0.265 e. The van der Waals surface area contributed by atoms with Crippen molar-refractivity contribution in [1.82, 2.24) is 4.31 Å². The van der Waals surface area contributed by atoms with Gasteiger partial charge in [0, 0.05) is 23.7 Å². The molecule has 2 aromatic rings. The first-order valence-corrected chi connectivity index (χ1v) is 10.7. The topological polar surface area (TPSA) is 107 Å². The number of anilines is 1. The molecule has 27 heavy (non-hydrogen) atoms. The van der Waals surface area contributed by atoms with Crippen molar-refractivity contribution in [3.8, 4) is 0 Å². The van der Waals surface area contributed by atoms with Gasteiger partial charge in [0.25, 0.3) is 5.91 Å². The molecule has 1 saturated heterocycles. The molecule has 1 N–H and O–H groups in total. The van der Waals surface area contributed by atoms with E-state index in [1.807, 2.05) is 0 Å². The Morgan fingerprint density at radius 2 is 1.81 bits per heavy atom. The van der Waals surface area contributed by atoms with Crippen LogP contribution in [0.1, 0.15) is 43.3 Å². The predicted octanol–water partition coefficient (Wildman–Crippen LogP) is 1.77. The Bertz CT molecular complexity index is 1000. The van der Waals surface area contributed by atoms with Crippen LogP contribution in [0, 0.1) is 13.8 Å². The van der Waals surface area contributed by atoms with E-state index in [9.17, 15) is 23.1 Å². The SMILES string of the molecule is Cc1ccc(C(=O)[O-])cc1NC(=O)c1cc(S(=O)(=O)N2CCCC2)c(C)s1. The number of amides is 1. The molecule has 1 aliphatic rings. The van der Waals surface area contributed by atoms with Gasteiger partial charge >= 0.3 is 0 Å². The molecule has 0 unspecified atom stereocenters. The number of rotatable bonds is 5. The van der Waals surface area contributed by atoms with Gasteiger partial charge < -0.3 is 15.2 Å². The largest absolute Gasteiger partial charge is 0.545 e. The normalized spacial score (nSPS) is 15.0. The number of hydrogen-bond acceptors (Lipinski definition) is 6. The molecular weight excluding hydrogens is 388 g/mol. The number of hydrogen-bond donors (Lipinski definition) is 1. The lowest BCUT2D eigenvalue weighted by Crippen LogP contribution is -2.28. The summed E-state index contributed by atoms with van der Waals surface area (Å²) in [7, 11) is -3.60. The standard InChI is InChI=1S/C18H20N2O5S2/c1-11-5-6-13(18(22)23)9-14(11)19-17(21)15-10-16(12(2)26-15)27(24,25)20-7-3-4-8-20/h5-6,9-10H,3-4,7-8H2,1-2H3,(H,19,21)(H,22,23)/p-1. The summed E-state index contributed by atoms with van der Waals surface area (Å²) in [6, 6.07) is 5.69. The second-order valence-electron chi connectivity index (χ2n) is 6.41. The Morgan fingerprint density at radius 1 is 1.15 bits per heavy atom. The lowest BCUT2D eigenvalue weighted by Gasteiger charge is -2.14. The van der Waals surface area contributed by atoms with Gasteiger partial charge in [-0.3, -0.25) is 4.79 Å². The fraction of sp³-hybridized carbons (Fsp3) is 0.333. The molecule has 3 rings (SSSR count). The fourth-order valence-corrected chi connectivity index (χ4v) is 5.94. The first kappa shape index (κ1) is 19.5. The Hall–Kier alpha value is -2.23. The molecule has 0 spiro atoms. The average Bonchev–Trinajstić information content (AvgIpc) is 3.26. The van der Waals surface area contributed by atoms with Crippen molar-refractivity contribution >= 4 is 38.9 Å². The van der Waals surface area contributed by atoms with Gasteiger partial charge in [0.05, 0.1) is 15.7 Å². The molecule has 1 amide bonds. The second kappa shape index (κ2) is 7.41. The van der Waals surface area contributed by atoms with E-state index in [0.29, 0.717) is 29.2 Å². The van der Waals surface area contributed by atoms with Crippen LogP contribution in [-0.2, 0) is 10.0 Å². The van der Waals surface area contributed by atoms with Gasteiger partial charge in [0.1, 0.15) is 0 Å². The molecule has 7 nitrogen and oxygen atoms in total. The maximum atomic E-state index is 12.8. The molecule has 1 aliphatic heterocycles. The van der Waals surface area contributed by atoms with E-state index in [0.717, 1.165) is 24.2 Å². The minimum Gasteiger partial charge on any atom is -0.545 e. The summed E-state index contributed by atoms with van der Waals surface area (Å²) in [4.78, 5) is 24.6. The van der Waals surface area contributed by atoms with Gasteiger partial charge in [-0.25, -0.2) is 8.42 Å². The highest BCUT2D eigenvalue weighted by Crippen LogP contribution is 2.30. The van der Waals surface area contributed by atoms with Crippen LogP contribution in [0.4, 0.5) is 5.69 Å². The summed E-state index contributed by atoms with van der Waals surface area (Å²) in [5, 5.41) is 13.7. The van der Waals surface area contributed by atoms with Gasteiger partial charge in [-0.05, 0) is 49.9 Å². The van der Waals surface area contributed by atoms with E-state index in [2.05, 4.69) is 5.32 Å². The lowest BCUT2D eigenvalue weighted by molar-refractivity contribution is -0.255. The third-order valence-electron chi connectivity index (χ3n) is 4.50. The number of aromatic carboxylic acids is 1. The number of sulfonamides is 1. The van der Waals surface area contributed by atoms with Crippen molar-refractivity contribution < 1.29 is 23.1 Å². The number of carboxylic acid groups (broad SMARTS) is 1. The maximum Gasteiger partial charge on any atom is 0.265 e. The molecule has 0 atom stereocenters. The number of benzene rings is 1. The van der Waals surface area contributed by atoms with Crippen LogP contribution in [0.2, 0.25) is 0 Å². The molecule has 1 aromatic heterocycles. The van der Waals surface area contributed by atoms with E-state index in [4.69, 9.17) is 0 Å². The monoisotopic (exact) mass is 407 g/mol. The van der Waals surface area contributed by atoms with Gasteiger partial charge in [0.15, 0.2) is 0 Å². The highest BCUT2D eigenvalue weighted by molar-refractivity contribution is 7.89. The van der Waals surface area contributed by atoms with Crippen LogP contribution in [0.5, 0.6) is 0 Å². The summed E-state index contributed by atoms with van der Waals surface area (Å²) in [5.41, 5.74) is 0.985. The fourth-order valence-electron chi connectivity index (χ4n) is 2.97. The summed E-state index contributed by atoms with van der Waals surface area (Å²) in [6.45, 7) is 4.40. The Labute approximate surface area is 161 Å². The zero-order chi connectivity index (χ0) is 19.8. The molecular formula is C18H19N2O5S2-. The van der Waals surface area contributed by atoms with Crippen LogP contribution in [0.15, 0.2) is 29.2 Å². The maximum absolute atomic E-state index is 12.8. The van der Waals surface area contributed by atoms with Crippen LogP contribution < -0.4 is 10.4 Å². The Balaban J connectivity index is 1.87. The van der Waals surface area contributed by atoms with Crippen molar-refractivity contribution in [1.29, 1.82) is 0 Å². The number of carbonyl (C=O) groups excluding carboxylic acids is 2. The number of carbonyl (C=O) groups is 2. The van der Waals surface area contributed by atoms with Crippen LogP contribution >= 0.6 is 11.3 Å². The Morgan fingerprint density at radius 3 is 2.44 bits per heavy atom. The van der Waals surface area contributed by atoms with Crippen LogP contribution in [-0.4, -0.2) is 37.7 Å². The molecule has 0 bridgehead atoms. The number of aryl methyl sites for hydroxylation is 2. The van der Waals surface area contributed by atoms with E-state index >= 15 is 0 Å². The summed E-state index contributed by atoms with van der Waals surface area (Å²) >= 11 is 1.10. The molecule has 0 saturated carbocycles. The second-order valence-corrected chi connectivity index (χ2v) is 9.58. The van der Waals surface area contributed by atoms with Crippen molar-refractivity contribution in [2.75, 3.05) is 18.4 Å². The summed E-state index contributed by atoms with van der Waals surface area (Å²) in [5.74, 6) is -1.82. The number of thiophene rings is 1. The van der Waals surface area contributed by atoms with Gasteiger partial charge in [0.2, 0.25) is 10.0 Å².